The number of aliphatic hydroxyl groups excluding tert-OH is 1. The van der Waals surface area contributed by atoms with Gasteiger partial charge in [0.15, 0.2) is 5.82 Å². The van der Waals surface area contributed by atoms with Crippen LogP contribution in [0.4, 0.5) is 11.5 Å². The van der Waals surface area contributed by atoms with E-state index in [-0.39, 0.29) is 6.61 Å². The topological polar surface area (TPSA) is 86.0 Å². The van der Waals surface area contributed by atoms with Gasteiger partial charge in [-0.05, 0) is 30.7 Å². The Morgan fingerprint density at radius 1 is 1.23 bits per heavy atom. The average molecular weight is 291 g/mol. The van der Waals surface area contributed by atoms with Crippen molar-refractivity contribution >= 4 is 17.2 Å². The lowest BCUT2D eigenvalue weighted by Gasteiger charge is -2.00. The highest BCUT2D eigenvalue weighted by atomic mass is 16.3. The second kappa shape index (κ2) is 5.76. The number of azo groups is 1. The maximum absolute atomic E-state index is 9.25. The van der Waals surface area contributed by atoms with E-state index >= 15 is 0 Å². The van der Waals surface area contributed by atoms with E-state index in [2.05, 4.69) is 21.3 Å². The van der Waals surface area contributed by atoms with Gasteiger partial charge in [-0.3, -0.25) is 4.40 Å². The fourth-order valence-electron chi connectivity index (χ4n) is 2.16. The summed E-state index contributed by atoms with van der Waals surface area (Å²) in [5.74, 6) is 0.582. The van der Waals surface area contributed by atoms with Crippen molar-refractivity contribution in [1.82, 2.24) is 9.38 Å². The number of hydrogen-bond acceptors (Lipinski definition) is 5. The molecule has 0 spiro atoms. The van der Waals surface area contributed by atoms with Crippen LogP contribution in [0, 0.1) is 18.3 Å². The van der Waals surface area contributed by atoms with Crippen LogP contribution in [0.25, 0.3) is 5.65 Å². The van der Waals surface area contributed by atoms with Crippen LogP contribution in [0.3, 0.4) is 0 Å². The van der Waals surface area contributed by atoms with E-state index in [1.54, 1.807) is 34.9 Å². The van der Waals surface area contributed by atoms with Gasteiger partial charge in [0.05, 0.1) is 17.9 Å². The Labute approximate surface area is 127 Å². The molecule has 0 amide bonds. The van der Waals surface area contributed by atoms with Crippen molar-refractivity contribution in [1.29, 1.82) is 5.26 Å². The second-order valence-electron chi connectivity index (χ2n) is 4.77. The van der Waals surface area contributed by atoms with E-state index in [1.165, 1.54) is 0 Å². The molecule has 0 saturated heterocycles. The number of rotatable bonds is 3. The third-order valence-electron chi connectivity index (χ3n) is 3.28. The molecular formula is C16H13N5O. The zero-order valence-corrected chi connectivity index (χ0v) is 11.9. The van der Waals surface area contributed by atoms with Crippen molar-refractivity contribution in [2.45, 2.75) is 13.5 Å². The summed E-state index contributed by atoms with van der Waals surface area (Å²) in [4.78, 5) is 4.41. The molecule has 6 heteroatoms. The third kappa shape index (κ3) is 2.45. The fraction of sp³-hybridized carbons (Fsp3) is 0.125. The van der Waals surface area contributed by atoms with E-state index in [9.17, 15) is 5.11 Å². The molecule has 3 aromatic rings. The van der Waals surface area contributed by atoms with Crippen LogP contribution in [0.5, 0.6) is 0 Å². The van der Waals surface area contributed by atoms with Gasteiger partial charge in [0, 0.05) is 6.20 Å². The first kappa shape index (κ1) is 13.9. The van der Waals surface area contributed by atoms with Crippen LogP contribution in [-0.4, -0.2) is 14.5 Å². The quantitative estimate of drug-likeness (QED) is 0.750. The minimum absolute atomic E-state index is 0.0545. The predicted octanol–water partition coefficient (Wildman–Crippen LogP) is 3.42. The Balaban J connectivity index is 2.08. The van der Waals surface area contributed by atoms with Crippen molar-refractivity contribution < 1.29 is 5.11 Å². The predicted molar refractivity (Wildman–Crippen MR) is 81.2 cm³/mol. The minimum atomic E-state index is -0.0545. The number of aromatic nitrogens is 2. The lowest BCUT2D eigenvalue weighted by atomic mass is 10.2. The zero-order chi connectivity index (χ0) is 15.5. The zero-order valence-electron chi connectivity index (χ0n) is 11.9. The molecule has 0 atom stereocenters. The molecule has 0 unspecified atom stereocenters. The molecule has 0 aliphatic heterocycles. The van der Waals surface area contributed by atoms with Gasteiger partial charge in [0.2, 0.25) is 0 Å². The van der Waals surface area contributed by atoms with Gasteiger partial charge in [0.25, 0.3) is 0 Å². The van der Waals surface area contributed by atoms with Gasteiger partial charge in [0.1, 0.15) is 17.4 Å². The third-order valence-corrected chi connectivity index (χ3v) is 3.28. The molecule has 2 aromatic heterocycles. The molecule has 1 aromatic carbocycles. The first-order valence-corrected chi connectivity index (χ1v) is 6.72. The lowest BCUT2D eigenvalue weighted by Crippen LogP contribution is -1.89. The first-order chi connectivity index (χ1) is 10.7. The Hall–Kier alpha value is -3.04. The molecule has 108 valence electrons. The van der Waals surface area contributed by atoms with Crippen molar-refractivity contribution in [3.05, 3.63) is 59.4 Å². The molecule has 3 rings (SSSR count). The SMILES string of the molecule is Cc1nc2ccc(CO)cn2c1N=Nc1ccccc1C#N. The molecule has 0 radical (unpaired) electrons. The lowest BCUT2D eigenvalue weighted by molar-refractivity contribution is 0.281. The van der Waals surface area contributed by atoms with E-state index < -0.39 is 0 Å². The maximum atomic E-state index is 9.25. The molecule has 0 saturated carbocycles. The number of hydrogen-bond donors (Lipinski definition) is 1. The Kier molecular flexibility index (Phi) is 3.64. The number of imidazole rings is 1. The number of nitriles is 1. The van der Waals surface area contributed by atoms with Gasteiger partial charge in [-0.25, -0.2) is 4.98 Å². The van der Waals surface area contributed by atoms with Crippen LogP contribution in [0.1, 0.15) is 16.8 Å². The summed E-state index contributed by atoms with van der Waals surface area (Å²) in [6.45, 7) is 1.79. The average Bonchev–Trinajstić information content (AvgIpc) is 2.87. The number of benzene rings is 1. The summed E-state index contributed by atoms with van der Waals surface area (Å²) < 4.78 is 1.78. The van der Waals surface area contributed by atoms with Gasteiger partial charge < -0.3 is 5.11 Å². The summed E-state index contributed by atoms with van der Waals surface area (Å²) in [5, 5.41) is 26.7. The van der Waals surface area contributed by atoms with Gasteiger partial charge in [-0.15, -0.1) is 10.2 Å². The highest BCUT2D eigenvalue weighted by molar-refractivity contribution is 5.55. The Bertz CT molecular complexity index is 905. The van der Waals surface area contributed by atoms with Crippen LogP contribution in [0.15, 0.2) is 52.8 Å². The standard InChI is InChI=1S/C16H13N5O/c1-11-16(20-19-14-5-3-2-4-13(14)8-17)21-9-12(10-22)6-7-15(21)18-11/h2-7,9,22H,10H2,1H3. The number of fused-ring (bicyclic) bond motifs is 1. The van der Waals surface area contributed by atoms with Crippen LogP contribution >= 0.6 is 0 Å². The van der Waals surface area contributed by atoms with Crippen molar-refractivity contribution in [2.75, 3.05) is 0 Å². The van der Waals surface area contributed by atoms with Crippen LogP contribution < -0.4 is 0 Å². The van der Waals surface area contributed by atoms with Crippen LogP contribution in [0.2, 0.25) is 0 Å². The second-order valence-corrected chi connectivity index (χ2v) is 4.77. The Morgan fingerprint density at radius 3 is 2.82 bits per heavy atom. The molecule has 0 bridgehead atoms. The van der Waals surface area contributed by atoms with E-state index in [4.69, 9.17) is 5.26 Å². The van der Waals surface area contributed by atoms with Crippen LogP contribution in [-0.2, 0) is 6.61 Å². The number of aliphatic hydroxyl groups is 1. The van der Waals surface area contributed by atoms with Gasteiger partial charge >= 0.3 is 0 Å². The summed E-state index contributed by atoms with van der Waals surface area (Å²) >= 11 is 0. The molecule has 2 heterocycles. The van der Waals surface area contributed by atoms with Gasteiger partial charge in [-0.1, -0.05) is 18.2 Å². The molecule has 0 aliphatic carbocycles. The summed E-state index contributed by atoms with van der Waals surface area (Å²) in [6.07, 6.45) is 1.78. The minimum Gasteiger partial charge on any atom is -0.392 e. The molecule has 1 N–H and O–H groups in total. The summed E-state index contributed by atoms with van der Waals surface area (Å²) in [5.41, 5.74) is 3.20. The van der Waals surface area contributed by atoms with Gasteiger partial charge in [-0.2, -0.15) is 5.26 Å². The summed E-state index contributed by atoms with van der Waals surface area (Å²) in [7, 11) is 0. The number of aryl methyl sites for hydroxylation is 1. The summed E-state index contributed by atoms with van der Waals surface area (Å²) in [6, 6.07) is 12.7. The number of pyridine rings is 1. The highest BCUT2D eigenvalue weighted by Crippen LogP contribution is 2.25. The van der Waals surface area contributed by atoms with Crippen molar-refractivity contribution in [2.24, 2.45) is 10.2 Å². The highest BCUT2D eigenvalue weighted by Gasteiger charge is 2.09. The first-order valence-electron chi connectivity index (χ1n) is 6.72. The van der Waals surface area contributed by atoms with E-state index in [0.717, 1.165) is 16.9 Å². The maximum Gasteiger partial charge on any atom is 0.182 e. The molecule has 0 aliphatic rings. The van der Waals surface area contributed by atoms with E-state index in [1.807, 2.05) is 19.1 Å². The largest absolute Gasteiger partial charge is 0.392 e. The van der Waals surface area contributed by atoms with Crippen molar-refractivity contribution in [3.8, 4) is 6.07 Å². The monoisotopic (exact) mass is 291 g/mol. The van der Waals surface area contributed by atoms with Crippen molar-refractivity contribution in [3.63, 3.8) is 0 Å². The Morgan fingerprint density at radius 2 is 2.05 bits per heavy atom. The smallest absolute Gasteiger partial charge is 0.182 e. The molecule has 0 fully saturated rings. The normalized spacial score (nSPS) is 11.1. The molecule has 6 nitrogen and oxygen atoms in total. The molecule has 22 heavy (non-hydrogen) atoms. The van der Waals surface area contributed by atoms with E-state index in [0.29, 0.717) is 17.1 Å². The molecular weight excluding hydrogens is 278 g/mol. The number of nitrogens with zero attached hydrogens (tertiary/aromatic N) is 5. The fourth-order valence-corrected chi connectivity index (χ4v) is 2.16.